The second-order valence-corrected chi connectivity index (χ2v) is 3.85. The molecule has 0 spiro atoms. The topological polar surface area (TPSA) is 21.3 Å². The third kappa shape index (κ3) is 3.29. The minimum absolute atomic E-state index is 0.278. The summed E-state index contributed by atoms with van der Waals surface area (Å²) in [7, 11) is 1.94. The van der Waals surface area contributed by atoms with Gasteiger partial charge >= 0.3 is 0 Å². The van der Waals surface area contributed by atoms with Gasteiger partial charge in [0.25, 0.3) is 0 Å². The summed E-state index contributed by atoms with van der Waals surface area (Å²) in [6.45, 7) is 4.77. The molecular formula is C14H19NO. The van der Waals surface area contributed by atoms with Crippen LogP contribution in [-0.2, 0) is 0 Å². The molecular weight excluding hydrogens is 198 g/mol. The molecule has 0 radical (unpaired) electrons. The summed E-state index contributed by atoms with van der Waals surface area (Å²) in [5, 5.41) is 3.22. The zero-order chi connectivity index (χ0) is 12.0. The van der Waals surface area contributed by atoms with Crippen LogP contribution in [0.5, 0.6) is 5.75 Å². The zero-order valence-corrected chi connectivity index (χ0v) is 10.2. The molecule has 1 rings (SSSR count). The molecule has 0 aromatic heterocycles. The van der Waals surface area contributed by atoms with Gasteiger partial charge in [0.15, 0.2) is 0 Å². The van der Waals surface area contributed by atoms with Crippen LogP contribution in [-0.4, -0.2) is 13.7 Å². The summed E-state index contributed by atoms with van der Waals surface area (Å²) >= 11 is 0. The molecule has 0 saturated heterocycles. The molecule has 2 nitrogen and oxygen atoms in total. The highest BCUT2D eigenvalue weighted by Gasteiger charge is 2.09. The van der Waals surface area contributed by atoms with E-state index < -0.39 is 0 Å². The second-order valence-electron chi connectivity index (χ2n) is 3.85. The Labute approximate surface area is 98.0 Å². The summed E-state index contributed by atoms with van der Waals surface area (Å²) in [6, 6.07) is 6.49. The highest BCUT2D eigenvalue weighted by Crippen LogP contribution is 2.26. The Kier molecular flexibility index (Phi) is 4.88. The van der Waals surface area contributed by atoms with Crippen molar-refractivity contribution in [2.45, 2.75) is 26.3 Å². The van der Waals surface area contributed by atoms with E-state index in [1.54, 1.807) is 0 Å². The van der Waals surface area contributed by atoms with Crippen molar-refractivity contribution in [1.82, 2.24) is 5.32 Å². The van der Waals surface area contributed by atoms with Crippen LogP contribution in [0, 0.1) is 19.3 Å². The smallest absolute Gasteiger partial charge is 0.124 e. The Hall–Kier alpha value is -1.46. The average Bonchev–Trinajstić information content (AvgIpc) is 2.30. The molecule has 0 aliphatic heterocycles. The van der Waals surface area contributed by atoms with Crippen LogP contribution in [0.1, 0.15) is 30.5 Å². The summed E-state index contributed by atoms with van der Waals surface area (Å²) in [6.07, 6.45) is 5.84. The summed E-state index contributed by atoms with van der Waals surface area (Å²) in [4.78, 5) is 0. The zero-order valence-electron chi connectivity index (χ0n) is 10.2. The number of ether oxygens (including phenoxy) is 1. The molecule has 0 aliphatic rings. The molecule has 0 bridgehead atoms. The summed E-state index contributed by atoms with van der Waals surface area (Å²) < 4.78 is 5.67. The molecule has 0 aliphatic carbocycles. The van der Waals surface area contributed by atoms with Gasteiger partial charge in [-0.1, -0.05) is 17.7 Å². The molecule has 1 atom stereocenters. The second kappa shape index (κ2) is 6.19. The van der Waals surface area contributed by atoms with Crippen molar-refractivity contribution in [3.05, 3.63) is 29.3 Å². The van der Waals surface area contributed by atoms with Crippen molar-refractivity contribution in [2.75, 3.05) is 13.7 Å². The lowest BCUT2D eigenvalue weighted by molar-refractivity contribution is 0.320. The predicted octanol–water partition coefficient (Wildman–Crippen LogP) is 2.68. The summed E-state index contributed by atoms with van der Waals surface area (Å²) in [5.74, 6) is 3.49. The molecule has 0 amide bonds. The highest BCUT2D eigenvalue weighted by atomic mass is 16.5. The highest BCUT2D eigenvalue weighted by molar-refractivity contribution is 5.38. The first kappa shape index (κ1) is 12.6. The van der Waals surface area contributed by atoms with E-state index in [-0.39, 0.29) is 6.04 Å². The van der Waals surface area contributed by atoms with E-state index in [4.69, 9.17) is 11.2 Å². The quantitative estimate of drug-likeness (QED) is 0.605. The van der Waals surface area contributed by atoms with Crippen molar-refractivity contribution in [3.8, 4) is 18.1 Å². The number of hydrogen-bond donors (Lipinski definition) is 1. The fourth-order valence-electron chi connectivity index (χ4n) is 1.51. The van der Waals surface area contributed by atoms with Crippen LogP contribution in [0.15, 0.2) is 18.2 Å². The fourth-order valence-corrected chi connectivity index (χ4v) is 1.51. The van der Waals surface area contributed by atoms with E-state index in [1.807, 2.05) is 13.1 Å². The van der Waals surface area contributed by atoms with Crippen LogP contribution in [0.3, 0.4) is 0 Å². The Morgan fingerprint density at radius 1 is 1.50 bits per heavy atom. The SMILES string of the molecule is C#CCCOc1ccc(C)cc1C(C)NC. The maximum absolute atomic E-state index is 5.67. The lowest BCUT2D eigenvalue weighted by Crippen LogP contribution is -2.14. The third-order valence-corrected chi connectivity index (χ3v) is 2.57. The number of hydrogen-bond acceptors (Lipinski definition) is 2. The summed E-state index contributed by atoms with van der Waals surface area (Å²) in [5.41, 5.74) is 2.42. The van der Waals surface area contributed by atoms with Gasteiger partial charge in [-0.3, -0.25) is 0 Å². The largest absolute Gasteiger partial charge is 0.492 e. The fraction of sp³-hybridized carbons (Fsp3) is 0.429. The van der Waals surface area contributed by atoms with Crippen LogP contribution in [0.4, 0.5) is 0 Å². The van der Waals surface area contributed by atoms with Crippen LogP contribution >= 0.6 is 0 Å². The molecule has 16 heavy (non-hydrogen) atoms. The minimum Gasteiger partial charge on any atom is -0.492 e. The van der Waals surface area contributed by atoms with Crippen molar-refractivity contribution in [3.63, 3.8) is 0 Å². The van der Waals surface area contributed by atoms with E-state index >= 15 is 0 Å². The number of nitrogens with one attached hydrogen (secondary N) is 1. The van der Waals surface area contributed by atoms with E-state index in [9.17, 15) is 0 Å². The maximum Gasteiger partial charge on any atom is 0.124 e. The molecule has 1 aromatic carbocycles. The van der Waals surface area contributed by atoms with Crippen molar-refractivity contribution in [1.29, 1.82) is 0 Å². The minimum atomic E-state index is 0.278. The van der Waals surface area contributed by atoms with E-state index in [2.05, 4.69) is 37.2 Å². The van der Waals surface area contributed by atoms with Gasteiger partial charge in [0.05, 0.1) is 6.61 Å². The van der Waals surface area contributed by atoms with Gasteiger partial charge in [0.1, 0.15) is 5.75 Å². The van der Waals surface area contributed by atoms with Gasteiger partial charge in [-0.2, -0.15) is 0 Å². The van der Waals surface area contributed by atoms with Gasteiger partial charge in [0.2, 0.25) is 0 Å². The third-order valence-electron chi connectivity index (χ3n) is 2.57. The van der Waals surface area contributed by atoms with Crippen LogP contribution < -0.4 is 10.1 Å². The lowest BCUT2D eigenvalue weighted by Gasteiger charge is -2.16. The van der Waals surface area contributed by atoms with Crippen LogP contribution in [0.25, 0.3) is 0 Å². The molecule has 2 heteroatoms. The van der Waals surface area contributed by atoms with Gasteiger partial charge in [0, 0.05) is 18.0 Å². The standard InChI is InChI=1S/C14H19NO/c1-5-6-9-16-14-8-7-11(2)10-13(14)12(3)15-4/h1,7-8,10,12,15H,6,9H2,2-4H3. The van der Waals surface area contributed by atoms with Gasteiger partial charge in [-0.05, 0) is 27.0 Å². The molecule has 86 valence electrons. The number of terminal acetylenes is 1. The molecule has 1 N–H and O–H groups in total. The van der Waals surface area contributed by atoms with E-state index in [1.165, 1.54) is 11.1 Å². The maximum atomic E-state index is 5.67. The Bertz CT molecular complexity index is 379. The Morgan fingerprint density at radius 3 is 2.88 bits per heavy atom. The normalized spacial score (nSPS) is 11.9. The van der Waals surface area contributed by atoms with E-state index in [0.29, 0.717) is 13.0 Å². The number of aryl methyl sites for hydroxylation is 1. The molecule has 0 fully saturated rings. The lowest BCUT2D eigenvalue weighted by atomic mass is 10.0. The van der Waals surface area contributed by atoms with Gasteiger partial charge < -0.3 is 10.1 Å². The first-order valence-corrected chi connectivity index (χ1v) is 5.53. The van der Waals surface area contributed by atoms with Gasteiger partial charge in [-0.25, -0.2) is 0 Å². The van der Waals surface area contributed by atoms with Crippen molar-refractivity contribution >= 4 is 0 Å². The molecule has 1 aromatic rings. The first-order chi connectivity index (χ1) is 7.69. The van der Waals surface area contributed by atoms with Crippen molar-refractivity contribution < 1.29 is 4.74 Å². The first-order valence-electron chi connectivity index (χ1n) is 5.53. The molecule has 0 saturated carbocycles. The monoisotopic (exact) mass is 217 g/mol. The van der Waals surface area contributed by atoms with Gasteiger partial charge in [-0.15, -0.1) is 12.3 Å². The molecule has 0 heterocycles. The number of rotatable bonds is 5. The van der Waals surface area contributed by atoms with Crippen LogP contribution in [0.2, 0.25) is 0 Å². The Balaban J connectivity index is 2.85. The Morgan fingerprint density at radius 2 is 2.25 bits per heavy atom. The average molecular weight is 217 g/mol. The van der Waals surface area contributed by atoms with E-state index in [0.717, 1.165) is 5.75 Å². The van der Waals surface area contributed by atoms with Crippen molar-refractivity contribution in [2.24, 2.45) is 0 Å². The predicted molar refractivity (Wildman–Crippen MR) is 67.6 cm³/mol. The number of benzene rings is 1. The molecule has 1 unspecified atom stereocenters.